The number of rotatable bonds is 5. The highest BCUT2D eigenvalue weighted by atomic mass is 16.2. The zero-order valence-corrected chi connectivity index (χ0v) is 14.6. The minimum Gasteiger partial charge on any atom is -0.309 e. The van der Waals surface area contributed by atoms with E-state index in [0.717, 1.165) is 30.0 Å². The number of carbonyl (C=O) groups excluding carboxylic acids is 1. The zero-order chi connectivity index (χ0) is 17.8. The zero-order valence-electron chi connectivity index (χ0n) is 14.6. The Hall–Kier alpha value is -2.96. The molecular weight excluding hydrogens is 328 g/mol. The van der Waals surface area contributed by atoms with Crippen molar-refractivity contribution in [2.75, 3.05) is 5.32 Å². The molecule has 0 aliphatic heterocycles. The Kier molecular flexibility index (Phi) is 4.77. The van der Waals surface area contributed by atoms with Crippen LogP contribution in [0.15, 0.2) is 48.9 Å². The molecule has 26 heavy (non-hydrogen) atoms. The number of hydrogen-bond acceptors (Lipinski definition) is 4. The van der Waals surface area contributed by atoms with E-state index in [1.54, 1.807) is 23.3 Å². The lowest BCUT2D eigenvalue weighted by Crippen LogP contribution is -2.23. The first-order valence-electron chi connectivity index (χ1n) is 9.08. The van der Waals surface area contributed by atoms with Crippen LogP contribution in [-0.4, -0.2) is 30.5 Å². The second-order valence-electron chi connectivity index (χ2n) is 6.61. The summed E-state index contributed by atoms with van der Waals surface area (Å²) in [7, 11) is 0. The standard InChI is InChI=1S/C19H22N6O/c26-19(14-24-13-10-17(23-24)16-8-4-5-11-20-16)22-18-9-12-21-25(18)15-6-2-1-3-7-15/h4-5,8-13,15H,1-3,6-7,14H2,(H,22,26). The van der Waals surface area contributed by atoms with Crippen molar-refractivity contribution in [3.05, 3.63) is 48.9 Å². The Labute approximate surface area is 152 Å². The van der Waals surface area contributed by atoms with Gasteiger partial charge in [0.2, 0.25) is 5.91 Å². The number of pyridine rings is 1. The van der Waals surface area contributed by atoms with E-state index in [2.05, 4.69) is 20.5 Å². The Balaban J connectivity index is 1.41. The highest BCUT2D eigenvalue weighted by Crippen LogP contribution is 2.29. The molecule has 1 aliphatic rings. The lowest BCUT2D eigenvalue weighted by Gasteiger charge is -2.23. The summed E-state index contributed by atoms with van der Waals surface area (Å²) in [6.45, 7) is 0.155. The average Bonchev–Trinajstić information content (AvgIpc) is 3.33. The van der Waals surface area contributed by atoms with E-state index in [0.29, 0.717) is 6.04 Å². The quantitative estimate of drug-likeness (QED) is 0.766. The van der Waals surface area contributed by atoms with E-state index in [1.165, 1.54) is 19.3 Å². The first kappa shape index (κ1) is 16.5. The third kappa shape index (κ3) is 3.66. The van der Waals surface area contributed by atoms with Crippen molar-refractivity contribution in [1.29, 1.82) is 0 Å². The van der Waals surface area contributed by atoms with Gasteiger partial charge in [-0.1, -0.05) is 25.3 Å². The number of nitrogens with one attached hydrogen (secondary N) is 1. The first-order valence-corrected chi connectivity index (χ1v) is 9.08. The highest BCUT2D eigenvalue weighted by Gasteiger charge is 2.19. The van der Waals surface area contributed by atoms with Crippen LogP contribution < -0.4 is 5.32 Å². The van der Waals surface area contributed by atoms with Gasteiger partial charge in [0.25, 0.3) is 0 Å². The van der Waals surface area contributed by atoms with Crippen LogP contribution in [-0.2, 0) is 11.3 Å². The van der Waals surface area contributed by atoms with E-state index < -0.39 is 0 Å². The molecule has 0 atom stereocenters. The number of anilines is 1. The molecule has 0 radical (unpaired) electrons. The Morgan fingerprint density at radius 2 is 1.96 bits per heavy atom. The van der Waals surface area contributed by atoms with Crippen LogP contribution in [0, 0.1) is 0 Å². The average molecular weight is 350 g/mol. The number of nitrogens with zero attached hydrogens (tertiary/aromatic N) is 5. The van der Waals surface area contributed by atoms with Crippen LogP contribution in [0.1, 0.15) is 38.1 Å². The van der Waals surface area contributed by atoms with Gasteiger partial charge in [-0.15, -0.1) is 0 Å². The maximum absolute atomic E-state index is 12.4. The normalized spacial score (nSPS) is 15.1. The van der Waals surface area contributed by atoms with Gasteiger partial charge >= 0.3 is 0 Å². The van der Waals surface area contributed by atoms with Gasteiger partial charge in [-0.3, -0.25) is 14.5 Å². The Bertz CT molecular complexity index is 863. The molecule has 7 heteroatoms. The van der Waals surface area contributed by atoms with Crippen molar-refractivity contribution in [3.8, 4) is 11.4 Å². The van der Waals surface area contributed by atoms with Gasteiger partial charge < -0.3 is 5.32 Å². The molecule has 0 aromatic carbocycles. The molecule has 1 aliphatic carbocycles. The summed E-state index contributed by atoms with van der Waals surface area (Å²) in [6, 6.07) is 9.78. The molecule has 134 valence electrons. The Morgan fingerprint density at radius 3 is 2.77 bits per heavy atom. The summed E-state index contributed by atoms with van der Waals surface area (Å²) < 4.78 is 3.58. The summed E-state index contributed by atoms with van der Waals surface area (Å²) in [6.07, 6.45) is 11.3. The monoisotopic (exact) mass is 350 g/mol. The van der Waals surface area contributed by atoms with Gasteiger partial charge in [0.05, 0.1) is 17.9 Å². The summed E-state index contributed by atoms with van der Waals surface area (Å²) in [4.78, 5) is 16.7. The third-order valence-corrected chi connectivity index (χ3v) is 4.73. The molecule has 1 saturated carbocycles. The van der Waals surface area contributed by atoms with Crippen molar-refractivity contribution in [2.45, 2.75) is 44.7 Å². The fourth-order valence-electron chi connectivity index (χ4n) is 3.46. The van der Waals surface area contributed by atoms with Crippen molar-refractivity contribution in [2.24, 2.45) is 0 Å². The summed E-state index contributed by atoms with van der Waals surface area (Å²) >= 11 is 0. The van der Waals surface area contributed by atoms with Crippen LogP contribution in [0.4, 0.5) is 5.82 Å². The second-order valence-corrected chi connectivity index (χ2v) is 6.61. The molecular formula is C19H22N6O. The van der Waals surface area contributed by atoms with Crippen LogP contribution in [0.25, 0.3) is 11.4 Å². The van der Waals surface area contributed by atoms with Crippen molar-refractivity contribution in [1.82, 2.24) is 24.5 Å². The largest absolute Gasteiger partial charge is 0.309 e. The fraction of sp³-hybridized carbons (Fsp3) is 0.368. The molecule has 0 unspecified atom stereocenters. The van der Waals surface area contributed by atoms with Gasteiger partial charge in [0, 0.05) is 18.5 Å². The molecule has 0 saturated heterocycles. The van der Waals surface area contributed by atoms with Gasteiger partial charge in [-0.25, -0.2) is 4.68 Å². The third-order valence-electron chi connectivity index (χ3n) is 4.73. The van der Waals surface area contributed by atoms with Crippen LogP contribution in [0.2, 0.25) is 0 Å². The van der Waals surface area contributed by atoms with E-state index in [4.69, 9.17) is 0 Å². The number of amides is 1. The Morgan fingerprint density at radius 1 is 1.08 bits per heavy atom. The summed E-state index contributed by atoms with van der Waals surface area (Å²) in [5, 5.41) is 11.8. The predicted octanol–water partition coefficient (Wildman–Crippen LogP) is 3.29. The fourth-order valence-corrected chi connectivity index (χ4v) is 3.46. The van der Waals surface area contributed by atoms with E-state index >= 15 is 0 Å². The molecule has 3 aromatic rings. The number of aromatic nitrogens is 5. The lowest BCUT2D eigenvalue weighted by atomic mass is 9.96. The van der Waals surface area contributed by atoms with Crippen LogP contribution in [0.5, 0.6) is 0 Å². The first-order chi connectivity index (χ1) is 12.8. The van der Waals surface area contributed by atoms with Gasteiger partial charge in [0.15, 0.2) is 0 Å². The topological polar surface area (TPSA) is 77.6 Å². The smallest absolute Gasteiger partial charge is 0.247 e. The van der Waals surface area contributed by atoms with Gasteiger partial charge in [-0.05, 0) is 31.0 Å². The summed E-state index contributed by atoms with van der Waals surface area (Å²) in [5.41, 5.74) is 1.55. The molecule has 0 spiro atoms. The van der Waals surface area contributed by atoms with Crippen molar-refractivity contribution < 1.29 is 4.79 Å². The summed E-state index contributed by atoms with van der Waals surface area (Å²) in [5.74, 6) is 0.650. The van der Waals surface area contributed by atoms with E-state index in [-0.39, 0.29) is 12.5 Å². The van der Waals surface area contributed by atoms with Crippen molar-refractivity contribution in [3.63, 3.8) is 0 Å². The molecule has 1 fully saturated rings. The second kappa shape index (κ2) is 7.51. The predicted molar refractivity (Wildman–Crippen MR) is 98.4 cm³/mol. The molecule has 1 amide bonds. The minimum atomic E-state index is -0.113. The molecule has 3 heterocycles. The highest BCUT2D eigenvalue weighted by molar-refractivity contribution is 5.89. The van der Waals surface area contributed by atoms with Crippen molar-refractivity contribution >= 4 is 11.7 Å². The number of hydrogen-bond donors (Lipinski definition) is 1. The SMILES string of the molecule is O=C(Cn1ccc(-c2ccccn2)n1)Nc1ccnn1C1CCCCC1. The van der Waals surface area contributed by atoms with Crippen LogP contribution in [0.3, 0.4) is 0 Å². The van der Waals surface area contributed by atoms with Gasteiger partial charge in [0.1, 0.15) is 18.1 Å². The molecule has 4 rings (SSSR count). The minimum absolute atomic E-state index is 0.113. The molecule has 0 bridgehead atoms. The maximum atomic E-state index is 12.4. The molecule has 1 N–H and O–H groups in total. The van der Waals surface area contributed by atoms with E-state index in [1.807, 2.05) is 35.0 Å². The lowest BCUT2D eigenvalue weighted by molar-refractivity contribution is -0.117. The molecule has 7 nitrogen and oxygen atoms in total. The maximum Gasteiger partial charge on any atom is 0.247 e. The van der Waals surface area contributed by atoms with Crippen LogP contribution >= 0.6 is 0 Å². The van der Waals surface area contributed by atoms with E-state index in [9.17, 15) is 4.79 Å². The molecule has 3 aromatic heterocycles. The number of carbonyl (C=O) groups is 1. The van der Waals surface area contributed by atoms with Gasteiger partial charge in [-0.2, -0.15) is 10.2 Å².